The van der Waals surface area contributed by atoms with Crippen LogP contribution in [0.3, 0.4) is 0 Å². The number of benzene rings is 1. The van der Waals surface area contributed by atoms with Gasteiger partial charge in [0.25, 0.3) is 0 Å². The molecule has 0 amide bonds. The Balaban J connectivity index is 0.000000225. The molecule has 22 heavy (non-hydrogen) atoms. The van der Waals surface area contributed by atoms with Gasteiger partial charge in [0, 0.05) is 13.1 Å². The Labute approximate surface area is 127 Å². The van der Waals surface area contributed by atoms with Crippen molar-refractivity contribution in [1.29, 1.82) is 0 Å². The number of carboxylic acid groups (broad SMARTS) is 2. The minimum absolute atomic E-state index is 0.250. The third-order valence-corrected chi connectivity index (χ3v) is 2.90. The first-order chi connectivity index (χ1) is 10.4. The molecule has 0 saturated carbocycles. The van der Waals surface area contributed by atoms with Gasteiger partial charge in [-0.3, -0.25) is 0 Å². The van der Waals surface area contributed by atoms with E-state index in [9.17, 15) is 9.59 Å². The van der Waals surface area contributed by atoms with Crippen molar-refractivity contribution < 1.29 is 34.8 Å². The van der Waals surface area contributed by atoms with Crippen molar-refractivity contribution in [2.75, 3.05) is 19.7 Å². The lowest BCUT2D eigenvalue weighted by atomic mass is 10.1. The maximum atomic E-state index is 9.77. The Morgan fingerprint density at radius 1 is 1.09 bits per heavy atom. The summed E-state index contributed by atoms with van der Waals surface area (Å²) in [5.41, 5.74) is 1.27. The monoisotopic (exact) mass is 313 g/mol. The van der Waals surface area contributed by atoms with Gasteiger partial charge >= 0.3 is 11.9 Å². The zero-order valence-corrected chi connectivity index (χ0v) is 11.8. The summed E-state index contributed by atoms with van der Waals surface area (Å²) in [6, 6.07) is 10.3. The summed E-state index contributed by atoms with van der Waals surface area (Å²) in [7, 11) is 0. The van der Waals surface area contributed by atoms with Crippen LogP contribution in [-0.2, 0) is 14.3 Å². The van der Waals surface area contributed by atoms with Crippen LogP contribution in [0.2, 0.25) is 0 Å². The number of aliphatic hydroxyl groups excluding tert-OH is 2. The van der Waals surface area contributed by atoms with Crippen LogP contribution < -0.4 is 5.32 Å². The van der Waals surface area contributed by atoms with Crippen LogP contribution in [0.1, 0.15) is 11.7 Å². The van der Waals surface area contributed by atoms with Crippen LogP contribution in [0.4, 0.5) is 0 Å². The molecular weight excluding hydrogens is 294 g/mol. The first-order valence-corrected chi connectivity index (χ1v) is 6.62. The quantitative estimate of drug-likeness (QED) is 0.488. The number of aliphatic hydroxyl groups is 2. The number of nitrogens with one attached hydrogen (secondary N) is 1. The predicted molar refractivity (Wildman–Crippen MR) is 75.3 cm³/mol. The van der Waals surface area contributed by atoms with Crippen LogP contribution in [0.15, 0.2) is 30.3 Å². The molecule has 8 nitrogen and oxygen atoms in total. The SMILES string of the molecule is O=C(O)C(O)C(O)C(=O)O.c1ccc(C2CNCCO2)cc1. The minimum Gasteiger partial charge on any atom is -0.479 e. The van der Waals surface area contributed by atoms with Gasteiger partial charge in [-0.05, 0) is 5.56 Å². The maximum absolute atomic E-state index is 9.77. The van der Waals surface area contributed by atoms with Crippen molar-refractivity contribution in [2.45, 2.75) is 18.3 Å². The lowest BCUT2D eigenvalue weighted by Gasteiger charge is -2.23. The van der Waals surface area contributed by atoms with E-state index in [4.69, 9.17) is 25.2 Å². The second-order valence-electron chi connectivity index (χ2n) is 4.54. The number of aliphatic carboxylic acids is 2. The van der Waals surface area contributed by atoms with Gasteiger partial charge in [0.2, 0.25) is 0 Å². The summed E-state index contributed by atoms with van der Waals surface area (Å²) in [4.78, 5) is 19.5. The Morgan fingerprint density at radius 2 is 1.64 bits per heavy atom. The molecule has 3 unspecified atom stereocenters. The molecule has 3 atom stereocenters. The fourth-order valence-electron chi connectivity index (χ4n) is 1.72. The van der Waals surface area contributed by atoms with Crippen molar-refractivity contribution in [3.63, 3.8) is 0 Å². The van der Waals surface area contributed by atoms with E-state index in [1.54, 1.807) is 0 Å². The molecule has 0 radical (unpaired) electrons. The predicted octanol–water partition coefficient (Wildman–Crippen LogP) is -0.775. The summed E-state index contributed by atoms with van der Waals surface area (Å²) >= 11 is 0. The average Bonchev–Trinajstić information content (AvgIpc) is 2.55. The van der Waals surface area contributed by atoms with Crippen molar-refractivity contribution in [3.05, 3.63) is 35.9 Å². The number of carboxylic acids is 2. The Bertz CT molecular complexity index is 455. The molecule has 1 fully saturated rings. The highest BCUT2D eigenvalue weighted by atomic mass is 16.5. The van der Waals surface area contributed by atoms with Gasteiger partial charge in [-0.15, -0.1) is 0 Å². The normalized spacial score (nSPS) is 20.2. The molecule has 5 N–H and O–H groups in total. The molecule has 122 valence electrons. The number of rotatable bonds is 4. The Hall–Kier alpha value is -2.00. The highest BCUT2D eigenvalue weighted by molar-refractivity contribution is 5.83. The minimum atomic E-state index is -2.27. The average molecular weight is 313 g/mol. The standard InChI is InChI=1S/C10H13NO.C4H6O6/c1-2-4-9(5-3-1)10-8-11-6-7-12-10;5-1(3(7)8)2(6)4(9)10/h1-5,10-11H,6-8H2;1-2,5-6H,(H,7,8)(H,9,10). The van der Waals surface area contributed by atoms with E-state index in [0.29, 0.717) is 0 Å². The topological polar surface area (TPSA) is 136 Å². The molecule has 0 spiro atoms. The van der Waals surface area contributed by atoms with Crippen molar-refractivity contribution in [1.82, 2.24) is 5.32 Å². The number of hydrogen-bond donors (Lipinski definition) is 5. The van der Waals surface area contributed by atoms with E-state index in [2.05, 4.69) is 17.4 Å². The van der Waals surface area contributed by atoms with E-state index in [1.165, 1.54) is 5.56 Å². The van der Waals surface area contributed by atoms with Gasteiger partial charge in [0.05, 0.1) is 12.7 Å². The van der Waals surface area contributed by atoms with E-state index in [1.807, 2.05) is 18.2 Å². The molecule has 0 aromatic heterocycles. The van der Waals surface area contributed by atoms with Gasteiger partial charge in [0.1, 0.15) is 0 Å². The highest BCUT2D eigenvalue weighted by Gasteiger charge is 2.29. The molecule has 1 aliphatic heterocycles. The zero-order chi connectivity index (χ0) is 16.5. The van der Waals surface area contributed by atoms with E-state index >= 15 is 0 Å². The number of ether oxygens (including phenoxy) is 1. The molecule has 1 aliphatic rings. The Morgan fingerprint density at radius 3 is 2.05 bits per heavy atom. The Kier molecular flexibility index (Phi) is 7.47. The molecule has 1 aromatic rings. The second-order valence-corrected chi connectivity index (χ2v) is 4.54. The van der Waals surface area contributed by atoms with Gasteiger partial charge < -0.3 is 30.5 Å². The third kappa shape index (κ3) is 5.78. The summed E-state index contributed by atoms with van der Waals surface area (Å²) in [5, 5.41) is 35.8. The summed E-state index contributed by atoms with van der Waals surface area (Å²) < 4.78 is 5.60. The van der Waals surface area contributed by atoms with Crippen LogP contribution in [0.25, 0.3) is 0 Å². The van der Waals surface area contributed by atoms with E-state index in [0.717, 1.165) is 19.7 Å². The smallest absolute Gasteiger partial charge is 0.335 e. The van der Waals surface area contributed by atoms with Gasteiger partial charge in [0.15, 0.2) is 12.2 Å². The summed E-state index contributed by atoms with van der Waals surface area (Å²) in [5.74, 6) is -3.54. The molecular formula is C14H19NO7. The molecule has 1 saturated heterocycles. The zero-order valence-electron chi connectivity index (χ0n) is 11.8. The number of hydrogen-bond acceptors (Lipinski definition) is 6. The van der Waals surface area contributed by atoms with Gasteiger partial charge in [-0.1, -0.05) is 30.3 Å². The van der Waals surface area contributed by atoms with Crippen LogP contribution in [0, 0.1) is 0 Å². The first kappa shape index (κ1) is 18.1. The molecule has 0 aliphatic carbocycles. The fourth-order valence-corrected chi connectivity index (χ4v) is 1.72. The molecule has 1 heterocycles. The summed E-state index contributed by atoms with van der Waals surface area (Å²) in [6.07, 6.45) is -4.28. The lowest BCUT2D eigenvalue weighted by Crippen LogP contribution is -2.39. The fraction of sp³-hybridized carbons (Fsp3) is 0.429. The van der Waals surface area contributed by atoms with Crippen LogP contribution in [0.5, 0.6) is 0 Å². The van der Waals surface area contributed by atoms with Gasteiger partial charge in [-0.2, -0.15) is 0 Å². The summed E-state index contributed by atoms with van der Waals surface area (Å²) in [6.45, 7) is 2.73. The molecule has 1 aromatic carbocycles. The molecule has 0 bridgehead atoms. The van der Waals surface area contributed by atoms with Crippen molar-refractivity contribution >= 4 is 11.9 Å². The third-order valence-electron chi connectivity index (χ3n) is 2.90. The molecule has 8 heteroatoms. The molecule has 2 rings (SSSR count). The van der Waals surface area contributed by atoms with Crippen LogP contribution >= 0.6 is 0 Å². The van der Waals surface area contributed by atoms with Crippen molar-refractivity contribution in [2.24, 2.45) is 0 Å². The maximum Gasteiger partial charge on any atom is 0.335 e. The van der Waals surface area contributed by atoms with Crippen molar-refractivity contribution in [3.8, 4) is 0 Å². The lowest BCUT2D eigenvalue weighted by molar-refractivity contribution is -0.165. The van der Waals surface area contributed by atoms with Crippen LogP contribution in [-0.4, -0.2) is 64.3 Å². The van der Waals surface area contributed by atoms with E-state index < -0.39 is 24.1 Å². The van der Waals surface area contributed by atoms with E-state index in [-0.39, 0.29) is 6.10 Å². The van der Waals surface area contributed by atoms with Gasteiger partial charge in [-0.25, -0.2) is 9.59 Å². The second kappa shape index (κ2) is 9.11. The first-order valence-electron chi connectivity index (χ1n) is 6.62. The number of carbonyl (C=O) groups is 2. The number of morpholine rings is 1. The largest absolute Gasteiger partial charge is 0.479 e. The highest BCUT2D eigenvalue weighted by Crippen LogP contribution is 2.17.